The second-order valence-corrected chi connectivity index (χ2v) is 4.51. The van der Waals surface area contributed by atoms with Gasteiger partial charge in [0.1, 0.15) is 6.04 Å². The lowest BCUT2D eigenvalue weighted by Gasteiger charge is -2.25. The molecule has 1 saturated heterocycles. The van der Waals surface area contributed by atoms with Gasteiger partial charge in [0, 0.05) is 13.0 Å². The van der Waals surface area contributed by atoms with Crippen molar-refractivity contribution in [3.63, 3.8) is 0 Å². The maximum atomic E-state index is 11.9. The standard InChI is InChI=1S/C10H16N2O4S/c11-6(3-4-8(13)14)9(15)12-5-1-2-7(12)10(16)17/h6-7H,1-5,11H2,(H,13,14)(H,16,17)/t6-,7-/m0/s1. The molecule has 7 heteroatoms. The van der Waals surface area contributed by atoms with E-state index < -0.39 is 18.1 Å². The molecule has 17 heavy (non-hydrogen) atoms. The maximum Gasteiger partial charge on any atom is 0.303 e. The second kappa shape index (κ2) is 6.02. The summed E-state index contributed by atoms with van der Waals surface area (Å²) in [5, 5.41) is 8.16. The van der Waals surface area contributed by atoms with Crippen LogP contribution in [0.2, 0.25) is 0 Å². The zero-order valence-corrected chi connectivity index (χ0v) is 10.2. The Bertz CT molecular complexity index is 334. The van der Waals surface area contributed by atoms with E-state index in [4.69, 9.17) is 10.8 Å². The van der Waals surface area contributed by atoms with Crippen LogP contribution in [0.25, 0.3) is 0 Å². The van der Waals surface area contributed by atoms with Gasteiger partial charge in [0.15, 0.2) is 0 Å². The van der Waals surface area contributed by atoms with Crippen LogP contribution >= 0.6 is 12.6 Å². The first-order chi connectivity index (χ1) is 7.93. The van der Waals surface area contributed by atoms with Crippen LogP contribution in [0.4, 0.5) is 0 Å². The largest absolute Gasteiger partial charge is 0.481 e. The van der Waals surface area contributed by atoms with Crippen LogP contribution in [-0.2, 0) is 14.4 Å². The molecule has 1 amide bonds. The highest BCUT2D eigenvalue weighted by atomic mass is 32.1. The molecule has 1 aliphatic heterocycles. The molecule has 96 valence electrons. The van der Waals surface area contributed by atoms with Crippen LogP contribution in [0.15, 0.2) is 0 Å². The number of rotatable bonds is 5. The number of hydrogen-bond donors (Lipinski definition) is 3. The van der Waals surface area contributed by atoms with Gasteiger partial charge in [-0.05, 0) is 19.3 Å². The third-order valence-corrected chi connectivity index (χ3v) is 3.11. The minimum atomic E-state index is -0.989. The molecule has 0 spiro atoms. The summed E-state index contributed by atoms with van der Waals surface area (Å²) in [7, 11) is 0. The van der Waals surface area contributed by atoms with E-state index in [1.165, 1.54) is 4.90 Å². The summed E-state index contributed by atoms with van der Waals surface area (Å²) >= 11 is 3.73. The summed E-state index contributed by atoms with van der Waals surface area (Å²) < 4.78 is 0. The van der Waals surface area contributed by atoms with Gasteiger partial charge in [-0.25, -0.2) is 0 Å². The van der Waals surface area contributed by atoms with Crippen molar-refractivity contribution in [3.05, 3.63) is 0 Å². The van der Waals surface area contributed by atoms with Crippen molar-refractivity contribution in [1.82, 2.24) is 4.90 Å². The average Bonchev–Trinajstić information content (AvgIpc) is 2.73. The Morgan fingerprint density at radius 1 is 1.47 bits per heavy atom. The third kappa shape index (κ3) is 3.71. The van der Waals surface area contributed by atoms with Gasteiger partial charge in [0.2, 0.25) is 11.0 Å². The highest BCUT2D eigenvalue weighted by Gasteiger charge is 2.34. The Kier molecular flexibility index (Phi) is 4.95. The van der Waals surface area contributed by atoms with Gasteiger partial charge in [0.25, 0.3) is 0 Å². The van der Waals surface area contributed by atoms with Gasteiger partial charge < -0.3 is 15.7 Å². The second-order valence-electron chi connectivity index (χ2n) is 4.07. The number of nitrogens with zero attached hydrogens (tertiary/aromatic N) is 1. The Hall–Kier alpha value is -1.08. The van der Waals surface area contributed by atoms with Gasteiger partial charge in [-0.2, -0.15) is 0 Å². The van der Waals surface area contributed by atoms with Crippen LogP contribution in [0.5, 0.6) is 0 Å². The zero-order chi connectivity index (χ0) is 13.0. The van der Waals surface area contributed by atoms with Crippen LogP contribution in [0.1, 0.15) is 25.7 Å². The summed E-state index contributed by atoms with van der Waals surface area (Å²) in [6.45, 7) is 0.483. The van der Waals surface area contributed by atoms with Crippen molar-refractivity contribution in [2.24, 2.45) is 5.73 Å². The molecule has 0 aromatic rings. The highest BCUT2D eigenvalue weighted by molar-refractivity contribution is 7.96. The number of aliphatic carboxylic acids is 1. The number of amides is 1. The molecule has 0 aromatic carbocycles. The van der Waals surface area contributed by atoms with Crippen molar-refractivity contribution < 1.29 is 19.5 Å². The lowest BCUT2D eigenvalue weighted by Crippen LogP contribution is -2.47. The smallest absolute Gasteiger partial charge is 0.303 e. The number of thiol groups is 1. The molecule has 0 bridgehead atoms. The Morgan fingerprint density at radius 2 is 2.12 bits per heavy atom. The van der Waals surface area contributed by atoms with Crippen molar-refractivity contribution in [3.8, 4) is 0 Å². The molecule has 2 atom stereocenters. The van der Waals surface area contributed by atoms with E-state index in [-0.39, 0.29) is 23.9 Å². The number of carboxylic acid groups (broad SMARTS) is 1. The molecule has 0 saturated carbocycles. The van der Waals surface area contributed by atoms with E-state index in [0.29, 0.717) is 13.0 Å². The summed E-state index contributed by atoms with van der Waals surface area (Å²) in [5.74, 6) is -1.35. The predicted octanol–water partition coefficient (Wildman–Crippen LogP) is -0.374. The number of carbonyl (C=O) groups is 3. The Labute approximate surface area is 105 Å². The number of carboxylic acids is 1. The summed E-state index contributed by atoms with van der Waals surface area (Å²) in [6, 6.07) is -1.37. The maximum absolute atomic E-state index is 11.9. The molecule has 0 radical (unpaired) electrons. The van der Waals surface area contributed by atoms with E-state index in [1.54, 1.807) is 0 Å². The Morgan fingerprint density at radius 3 is 2.65 bits per heavy atom. The lowest BCUT2D eigenvalue weighted by molar-refractivity contribution is -0.138. The molecule has 0 aromatic heterocycles. The van der Waals surface area contributed by atoms with Crippen molar-refractivity contribution in [1.29, 1.82) is 0 Å². The Balaban J connectivity index is 2.56. The molecule has 1 heterocycles. The van der Waals surface area contributed by atoms with Crippen LogP contribution in [0.3, 0.4) is 0 Å². The van der Waals surface area contributed by atoms with Crippen molar-refractivity contribution in [2.45, 2.75) is 37.8 Å². The minimum Gasteiger partial charge on any atom is -0.481 e. The first-order valence-electron chi connectivity index (χ1n) is 5.44. The molecule has 0 aliphatic carbocycles. The first kappa shape index (κ1) is 14.0. The fourth-order valence-electron chi connectivity index (χ4n) is 1.90. The monoisotopic (exact) mass is 260 g/mol. The van der Waals surface area contributed by atoms with E-state index in [1.807, 2.05) is 0 Å². The van der Waals surface area contributed by atoms with Crippen molar-refractivity contribution in [2.75, 3.05) is 6.54 Å². The summed E-state index contributed by atoms with van der Waals surface area (Å²) in [4.78, 5) is 34.9. The van der Waals surface area contributed by atoms with Crippen molar-refractivity contribution >= 4 is 29.6 Å². The number of carbonyl (C=O) groups excluding carboxylic acids is 2. The first-order valence-corrected chi connectivity index (χ1v) is 5.89. The van der Waals surface area contributed by atoms with Crippen LogP contribution < -0.4 is 5.73 Å². The van der Waals surface area contributed by atoms with E-state index in [0.717, 1.165) is 6.42 Å². The number of hydrogen-bond acceptors (Lipinski definition) is 4. The number of nitrogens with two attached hydrogens (primary N) is 1. The topological polar surface area (TPSA) is 101 Å². The van der Waals surface area contributed by atoms with E-state index in [2.05, 4.69) is 12.6 Å². The van der Waals surface area contributed by atoms with Crippen LogP contribution in [-0.4, -0.2) is 45.6 Å². The molecule has 0 unspecified atom stereocenters. The van der Waals surface area contributed by atoms with Gasteiger partial charge in [-0.1, -0.05) is 0 Å². The van der Waals surface area contributed by atoms with Gasteiger partial charge in [0.05, 0.1) is 6.04 Å². The van der Waals surface area contributed by atoms with E-state index in [9.17, 15) is 14.4 Å². The highest BCUT2D eigenvalue weighted by Crippen LogP contribution is 2.20. The molecule has 3 N–H and O–H groups in total. The molecule has 1 fully saturated rings. The minimum absolute atomic E-state index is 0.0815. The van der Waals surface area contributed by atoms with Gasteiger partial charge in [-0.15, -0.1) is 12.6 Å². The SMILES string of the molecule is N[C@@H](CCC(=O)O)C(=O)N1CCC[C@H]1C(=O)S. The quantitative estimate of drug-likeness (QED) is 0.585. The van der Waals surface area contributed by atoms with Gasteiger partial charge >= 0.3 is 5.97 Å². The molecule has 6 nitrogen and oxygen atoms in total. The average molecular weight is 260 g/mol. The lowest BCUT2D eigenvalue weighted by atomic mass is 10.1. The fourth-order valence-corrected chi connectivity index (χ4v) is 2.17. The summed E-state index contributed by atoms with van der Waals surface area (Å²) in [6.07, 6.45) is 1.27. The summed E-state index contributed by atoms with van der Waals surface area (Å²) in [5.41, 5.74) is 5.62. The third-order valence-electron chi connectivity index (χ3n) is 2.81. The molecular weight excluding hydrogens is 244 g/mol. The fraction of sp³-hybridized carbons (Fsp3) is 0.700. The molecule has 1 aliphatic rings. The number of likely N-dealkylation sites (tertiary alicyclic amines) is 1. The normalized spacial score (nSPS) is 21.3. The van der Waals surface area contributed by atoms with Gasteiger partial charge in [-0.3, -0.25) is 14.4 Å². The van der Waals surface area contributed by atoms with E-state index >= 15 is 0 Å². The molecular formula is C10H16N2O4S. The predicted molar refractivity (Wildman–Crippen MR) is 63.6 cm³/mol. The zero-order valence-electron chi connectivity index (χ0n) is 9.33. The van der Waals surface area contributed by atoms with Crippen LogP contribution in [0, 0.1) is 0 Å². The molecule has 1 rings (SSSR count).